The van der Waals surface area contributed by atoms with E-state index in [9.17, 15) is 14.7 Å². The SMILES string of the molecule is C[C@H]1[C@H]2c3ccccc3O[C@@]1(C)N(C)C(=O)[C@@H]2C(=O)O. The van der Waals surface area contributed by atoms with E-state index in [0.29, 0.717) is 5.75 Å². The van der Waals surface area contributed by atoms with E-state index in [1.54, 1.807) is 7.05 Å². The second-order valence-corrected chi connectivity index (χ2v) is 5.72. The molecule has 1 fully saturated rings. The summed E-state index contributed by atoms with van der Waals surface area (Å²) < 4.78 is 6.03. The Labute approximate surface area is 117 Å². The topological polar surface area (TPSA) is 66.8 Å². The molecular formula is C15H17NO4. The Kier molecular flexibility index (Phi) is 2.58. The molecule has 0 aromatic heterocycles. The van der Waals surface area contributed by atoms with Gasteiger partial charge in [-0.3, -0.25) is 9.59 Å². The first-order chi connectivity index (χ1) is 9.38. The number of aliphatic carboxylic acids is 1. The first kappa shape index (κ1) is 13.0. The molecule has 1 N–H and O–H groups in total. The van der Waals surface area contributed by atoms with Crippen LogP contribution in [0.4, 0.5) is 0 Å². The lowest BCUT2D eigenvalue weighted by Gasteiger charge is -2.55. The van der Waals surface area contributed by atoms with Gasteiger partial charge in [-0.25, -0.2) is 0 Å². The first-order valence-electron chi connectivity index (χ1n) is 6.66. The Morgan fingerprint density at radius 3 is 2.70 bits per heavy atom. The maximum absolute atomic E-state index is 12.4. The zero-order valence-electron chi connectivity index (χ0n) is 11.7. The molecule has 20 heavy (non-hydrogen) atoms. The van der Waals surface area contributed by atoms with Gasteiger partial charge in [-0.15, -0.1) is 0 Å². The van der Waals surface area contributed by atoms with Crippen LogP contribution in [-0.4, -0.2) is 34.7 Å². The average molecular weight is 275 g/mol. The van der Waals surface area contributed by atoms with Gasteiger partial charge in [-0.05, 0) is 18.6 Å². The Bertz CT molecular complexity index is 599. The second kappa shape index (κ2) is 3.98. The third-order valence-electron chi connectivity index (χ3n) is 4.87. The van der Waals surface area contributed by atoms with E-state index in [4.69, 9.17) is 4.74 Å². The molecule has 1 saturated heterocycles. The van der Waals surface area contributed by atoms with E-state index in [2.05, 4.69) is 0 Å². The van der Waals surface area contributed by atoms with Crippen molar-refractivity contribution in [2.24, 2.45) is 11.8 Å². The summed E-state index contributed by atoms with van der Waals surface area (Å²) in [5.74, 6) is -2.29. The highest BCUT2D eigenvalue weighted by Gasteiger charge is 2.59. The predicted molar refractivity (Wildman–Crippen MR) is 71.3 cm³/mol. The third-order valence-corrected chi connectivity index (χ3v) is 4.87. The first-order valence-corrected chi connectivity index (χ1v) is 6.66. The number of benzene rings is 1. The highest BCUT2D eigenvalue weighted by molar-refractivity contribution is 5.99. The molecule has 2 bridgehead atoms. The summed E-state index contributed by atoms with van der Waals surface area (Å²) in [7, 11) is 1.61. The van der Waals surface area contributed by atoms with Crippen LogP contribution < -0.4 is 4.74 Å². The minimum Gasteiger partial charge on any atom is -0.481 e. The molecule has 2 aliphatic rings. The minimum atomic E-state index is -1.07. The number of rotatable bonds is 1. The third kappa shape index (κ3) is 1.43. The molecular weight excluding hydrogens is 258 g/mol. The van der Waals surface area contributed by atoms with Crippen LogP contribution in [0.2, 0.25) is 0 Å². The summed E-state index contributed by atoms with van der Waals surface area (Å²) in [4.78, 5) is 25.4. The smallest absolute Gasteiger partial charge is 0.316 e. The van der Waals surface area contributed by atoms with E-state index in [1.807, 2.05) is 38.1 Å². The Balaban J connectivity index is 2.24. The van der Waals surface area contributed by atoms with Crippen molar-refractivity contribution in [1.82, 2.24) is 4.90 Å². The standard InChI is InChI=1S/C15H17NO4/c1-8-11-9-6-4-5-7-10(9)20-15(8,2)16(3)13(17)12(11)14(18)19/h4-8,11-12H,1-3H3,(H,18,19)/t8-,11-,12+,15+/m0/s1. The van der Waals surface area contributed by atoms with Crippen molar-refractivity contribution in [3.05, 3.63) is 29.8 Å². The van der Waals surface area contributed by atoms with Crippen molar-refractivity contribution >= 4 is 11.9 Å². The average Bonchev–Trinajstić information content (AvgIpc) is 2.40. The lowest BCUT2D eigenvalue weighted by Crippen LogP contribution is -2.66. The normalized spacial score (nSPS) is 35.2. The molecule has 3 rings (SSSR count). The Hall–Kier alpha value is -2.04. The molecule has 1 aromatic carbocycles. The lowest BCUT2D eigenvalue weighted by atomic mass is 9.67. The largest absolute Gasteiger partial charge is 0.481 e. The number of likely N-dealkylation sites (tertiary alicyclic amines) is 1. The van der Waals surface area contributed by atoms with E-state index in [1.165, 1.54) is 4.90 Å². The molecule has 0 unspecified atom stereocenters. The number of carbonyl (C=O) groups excluding carboxylic acids is 1. The Morgan fingerprint density at radius 1 is 1.40 bits per heavy atom. The molecule has 5 heteroatoms. The molecule has 1 aromatic rings. The molecule has 5 nitrogen and oxygen atoms in total. The van der Waals surface area contributed by atoms with Crippen LogP contribution in [0.15, 0.2) is 24.3 Å². The number of carbonyl (C=O) groups is 2. The van der Waals surface area contributed by atoms with E-state index < -0.39 is 23.5 Å². The van der Waals surface area contributed by atoms with Crippen LogP contribution in [0.1, 0.15) is 25.3 Å². The van der Waals surface area contributed by atoms with Crippen molar-refractivity contribution in [2.45, 2.75) is 25.5 Å². The van der Waals surface area contributed by atoms with E-state index in [-0.39, 0.29) is 11.8 Å². The number of fused-ring (bicyclic) bond motifs is 4. The van der Waals surface area contributed by atoms with Crippen molar-refractivity contribution in [3.8, 4) is 5.75 Å². The molecule has 1 amide bonds. The maximum atomic E-state index is 12.4. The number of para-hydroxylation sites is 1. The fraction of sp³-hybridized carbons (Fsp3) is 0.467. The summed E-state index contributed by atoms with van der Waals surface area (Å²) in [5.41, 5.74) is 0.00789. The number of nitrogens with zero attached hydrogens (tertiary/aromatic N) is 1. The molecule has 2 heterocycles. The fourth-order valence-electron chi connectivity index (χ4n) is 3.45. The summed E-state index contributed by atoms with van der Waals surface area (Å²) in [5, 5.41) is 9.48. The van der Waals surface area contributed by atoms with Gasteiger partial charge in [0.25, 0.3) is 0 Å². The van der Waals surface area contributed by atoms with Crippen molar-refractivity contribution in [1.29, 1.82) is 0 Å². The van der Waals surface area contributed by atoms with Crippen LogP contribution in [0.5, 0.6) is 5.75 Å². The van der Waals surface area contributed by atoms with Crippen LogP contribution in [0.25, 0.3) is 0 Å². The summed E-state index contributed by atoms with van der Waals surface area (Å²) >= 11 is 0. The van der Waals surface area contributed by atoms with Gasteiger partial charge >= 0.3 is 5.97 Å². The number of amides is 1. The molecule has 2 aliphatic heterocycles. The zero-order chi connectivity index (χ0) is 14.7. The summed E-state index contributed by atoms with van der Waals surface area (Å²) in [6, 6.07) is 7.38. The highest BCUT2D eigenvalue weighted by atomic mass is 16.5. The number of piperidine rings is 1. The summed E-state index contributed by atoms with van der Waals surface area (Å²) in [6.07, 6.45) is 0. The van der Waals surface area contributed by atoms with Gasteiger partial charge in [0.2, 0.25) is 5.91 Å². The lowest BCUT2D eigenvalue weighted by molar-refractivity contribution is -0.188. The summed E-state index contributed by atoms with van der Waals surface area (Å²) in [6.45, 7) is 3.79. The molecule has 4 atom stereocenters. The minimum absolute atomic E-state index is 0.0961. The van der Waals surface area contributed by atoms with Crippen molar-refractivity contribution in [3.63, 3.8) is 0 Å². The molecule has 0 saturated carbocycles. The zero-order valence-corrected chi connectivity index (χ0v) is 11.7. The van der Waals surface area contributed by atoms with Gasteiger partial charge in [0.05, 0.1) is 0 Å². The van der Waals surface area contributed by atoms with Gasteiger partial charge in [-0.2, -0.15) is 0 Å². The van der Waals surface area contributed by atoms with Gasteiger partial charge in [-0.1, -0.05) is 25.1 Å². The van der Waals surface area contributed by atoms with Crippen LogP contribution in [0.3, 0.4) is 0 Å². The van der Waals surface area contributed by atoms with Gasteiger partial charge in [0, 0.05) is 18.9 Å². The van der Waals surface area contributed by atoms with E-state index >= 15 is 0 Å². The van der Waals surface area contributed by atoms with Crippen LogP contribution in [-0.2, 0) is 9.59 Å². The molecule has 0 spiro atoms. The maximum Gasteiger partial charge on any atom is 0.316 e. The number of hydrogen-bond donors (Lipinski definition) is 1. The molecule has 106 valence electrons. The fourth-order valence-corrected chi connectivity index (χ4v) is 3.45. The molecule has 0 radical (unpaired) electrons. The number of hydrogen-bond acceptors (Lipinski definition) is 3. The highest BCUT2D eigenvalue weighted by Crippen LogP contribution is 2.52. The van der Waals surface area contributed by atoms with Gasteiger partial charge < -0.3 is 14.7 Å². The quantitative estimate of drug-likeness (QED) is 0.792. The monoisotopic (exact) mass is 275 g/mol. The second-order valence-electron chi connectivity index (χ2n) is 5.72. The van der Waals surface area contributed by atoms with Crippen LogP contribution >= 0.6 is 0 Å². The van der Waals surface area contributed by atoms with Gasteiger partial charge in [0.15, 0.2) is 5.72 Å². The predicted octanol–water partition coefficient (Wildman–Crippen LogP) is 1.69. The van der Waals surface area contributed by atoms with E-state index in [0.717, 1.165) is 5.56 Å². The number of ether oxygens (including phenoxy) is 1. The number of carboxylic acids is 1. The van der Waals surface area contributed by atoms with Gasteiger partial charge in [0.1, 0.15) is 11.7 Å². The molecule has 0 aliphatic carbocycles. The number of carboxylic acid groups (broad SMARTS) is 1. The van der Waals surface area contributed by atoms with Crippen molar-refractivity contribution in [2.75, 3.05) is 7.05 Å². The van der Waals surface area contributed by atoms with Crippen molar-refractivity contribution < 1.29 is 19.4 Å². The Morgan fingerprint density at radius 2 is 2.05 bits per heavy atom. The van der Waals surface area contributed by atoms with Crippen LogP contribution in [0, 0.1) is 11.8 Å².